The number of likely N-dealkylation sites (N-methyl/N-ethyl adjacent to an activating group) is 1. The van der Waals surface area contributed by atoms with Crippen molar-refractivity contribution in [3.05, 3.63) is 102 Å². The second-order valence-electron chi connectivity index (χ2n) is 6.71. The number of ether oxygens (including phenoxy) is 1. The number of aromatic nitrogens is 1. The Morgan fingerprint density at radius 1 is 0.929 bits per heavy atom. The Balaban J connectivity index is 1.64. The van der Waals surface area contributed by atoms with Gasteiger partial charge in [0.25, 0.3) is 5.91 Å². The van der Waals surface area contributed by atoms with Crippen molar-refractivity contribution >= 4 is 16.8 Å². The van der Waals surface area contributed by atoms with Gasteiger partial charge in [-0.15, -0.1) is 0 Å². The van der Waals surface area contributed by atoms with Gasteiger partial charge in [0.05, 0.1) is 6.04 Å². The Hall–Kier alpha value is -3.53. The van der Waals surface area contributed by atoms with E-state index < -0.39 is 0 Å². The van der Waals surface area contributed by atoms with Crippen LogP contribution in [0.2, 0.25) is 0 Å². The highest BCUT2D eigenvalue weighted by Gasteiger charge is 2.26. The Kier molecular flexibility index (Phi) is 5.11. The van der Waals surface area contributed by atoms with Crippen molar-refractivity contribution in [2.24, 2.45) is 0 Å². The lowest BCUT2D eigenvalue weighted by Crippen LogP contribution is -2.35. The summed E-state index contributed by atoms with van der Waals surface area (Å²) in [5.41, 5.74) is 3.18. The molecule has 4 heteroatoms. The van der Waals surface area contributed by atoms with Gasteiger partial charge in [-0.1, -0.05) is 66.7 Å². The van der Waals surface area contributed by atoms with Crippen LogP contribution in [0.1, 0.15) is 17.2 Å². The van der Waals surface area contributed by atoms with E-state index in [0.717, 1.165) is 22.0 Å². The van der Waals surface area contributed by atoms with E-state index in [4.69, 9.17) is 4.74 Å². The molecule has 0 aliphatic rings. The molecule has 0 radical (unpaired) electrons. The fraction of sp³-hybridized carbons (Fsp3) is 0.125. The van der Waals surface area contributed by atoms with Crippen LogP contribution < -0.4 is 4.74 Å². The number of hydrogen-bond donors (Lipinski definition) is 1. The summed E-state index contributed by atoms with van der Waals surface area (Å²) in [6, 6.07) is 27.4. The van der Waals surface area contributed by atoms with E-state index in [-0.39, 0.29) is 18.6 Å². The van der Waals surface area contributed by atoms with E-state index in [1.807, 2.05) is 92.1 Å². The third-order valence-electron chi connectivity index (χ3n) is 4.92. The molecule has 0 saturated carbocycles. The molecule has 0 aliphatic heterocycles. The first-order chi connectivity index (χ1) is 13.7. The van der Waals surface area contributed by atoms with Crippen molar-refractivity contribution < 1.29 is 9.53 Å². The third-order valence-corrected chi connectivity index (χ3v) is 4.92. The van der Waals surface area contributed by atoms with Crippen molar-refractivity contribution in [1.29, 1.82) is 0 Å². The zero-order chi connectivity index (χ0) is 19.3. The van der Waals surface area contributed by atoms with Crippen molar-refractivity contribution in [3.63, 3.8) is 0 Å². The molecule has 1 amide bonds. The largest absolute Gasteiger partial charge is 0.484 e. The van der Waals surface area contributed by atoms with Crippen LogP contribution in [-0.4, -0.2) is 29.4 Å². The number of nitrogens with one attached hydrogen (secondary N) is 1. The van der Waals surface area contributed by atoms with Gasteiger partial charge in [0, 0.05) is 29.7 Å². The van der Waals surface area contributed by atoms with E-state index >= 15 is 0 Å². The number of benzene rings is 3. The fourth-order valence-corrected chi connectivity index (χ4v) is 3.47. The van der Waals surface area contributed by atoms with Crippen LogP contribution in [0.4, 0.5) is 0 Å². The molecule has 1 heterocycles. The molecule has 0 unspecified atom stereocenters. The SMILES string of the molecule is CN(C(=O)COc1ccccc1)[C@@H](c1ccccc1)c1c[nH]c2ccccc12. The van der Waals surface area contributed by atoms with Gasteiger partial charge in [0.15, 0.2) is 6.61 Å². The summed E-state index contributed by atoms with van der Waals surface area (Å²) in [6.45, 7) is -0.00774. The zero-order valence-electron chi connectivity index (χ0n) is 15.7. The lowest BCUT2D eigenvalue weighted by Gasteiger charge is -2.29. The maximum Gasteiger partial charge on any atom is 0.261 e. The minimum Gasteiger partial charge on any atom is -0.484 e. The number of amides is 1. The Labute approximate surface area is 164 Å². The third kappa shape index (κ3) is 3.62. The van der Waals surface area contributed by atoms with Crippen molar-refractivity contribution in [3.8, 4) is 5.75 Å². The van der Waals surface area contributed by atoms with Gasteiger partial charge < -0.3 is 14.6 Å². The number of fused-ring (bicyclic) bond motifs is 1. The molecule has 0 bridgehead atoms. The average Bonchev–Trinajstić information content (AvgIpc) is 3.17. The molecular formula is C24H22N2O2. The number of aromatic amines is 1. The summed E-state index contributed by atoms with van der Waals surface area (Å²) in [5.74, 6) is 0.607. The minimum atomic E-state index is -0.204. The monoisotopic (exact) mass is 370 g/mol. The number of nitrogens with zero attached hydrogens (tertiary/aromatic N) is 1. The maximum absolute atomic E-state index is 13.0. The molecule has 1 atom stereocenters. The van der Waals surface area contributed by atoms with Gasteiger partial charge in [-0.05, 0) is 23.8 Å². The number of rotatable bonds is 6. The fourth-order valence-electron chi connectivity index (χ4n) is 3.47. The summed E-state index contributed by atoms with van der Waals surface area (Å²) in [4.78, 5) is 18.0. The Morgan fingerprint density at radius 3 is 2.32 bits per heavy atom. The van der Waals surface area contributed by atoms with Crippen LogP contribution >= 0.6 is 0 Å². The summed E-state index contributed by atoms with van der Waals surface area (Å²) < 4.78 is 5.68. The van der Waals surface area contributed by atoms with Gasteiger partial charge in [-0.2, -0.15) is 0 Å². The second kappa shape index (κ2) is 8.01. The summed E-state index contributed by atoms with van der Waals surface area (Å²) in [5, 5.41) is 1.11. The van der Waals surface area contributed by atoms with E-state index in [9.17, 15) is 4.79 Å². The Morgan fingerprint density at radius 2 is 1.57 bits per heavy atom. The molecule has 0 spiro atoms. The highest BCUT2D eigenvalue weighted by atomic mass is 16.5. The molecule has 28 heavy (non-hydrogen) atoms. The molecule has 0 saturated heterocycles. The van der Waals surface area contributed by atoms with Crippen LogP contribution in [0, 0.1) is 0 Å². The molecule has 3 aromatic carbocycles. The van der Waals surface area contributed by atoms with E-state index in [1.165, 1.54) is 0 Å². The molecule has 140 valence electrons. The Bertz CT molecular complexity index is 1060. The topological polar surface area (TPSA) is 45.3 Å². The van der Waals surface area contributed by atoms with Crippen molar-refractivity contribution in [2.45, 2.75) is 6.04 Å². The molecule has 4 aromatic rings. The smallest absolute Gasteiger partial charge is 0.261 e. The molecular weight excluding hydrogens is 348 g/mol. The van der Waals surface area contributed by atoms with Crippen LogP contribution in [0.5, 0.6) is 5.75 Å². The van der Waals surface area contributed by atoms with Crippen molar-refractivity contribution in [2.75, 3.05) is 13.7 Å². The van der Waals surface area contributed by atoms with Gasteiger partial charge >= 0.3 is 0 Å². The average molecular weight is 370 g/mol. The van der Waals surface area contributed by atoms with Gasteiger partial charge in [-0.3, -0.25) is 4.79 Å². The predicted octanol–water partition coefficient (Wildman–Crippen LogP) is 4.79. The van der Waals surface area contributed by atoms with E-state index in [0.29, 0.717) is 5.75 Å². The van der Waals surface area contributed by atoms with Gasteiger partial charge in [0.1, 0.15) is 5.75 Å². The number of hydrogen-bond acceptors (Lipinski definition) is 2. The van der Waals surface area contributed by atoms with E-state index in [2.05, 4.69) is 11.1 Å². The van der Waals surface area contributed by atoms with Crippen LogP contribution in [0.15, 0.2) is 91.1 Å². The summed E-state index contributed by atoms with van der Waals surface area (Å²) in [7, 11) is 1.83. The van der Waals surface area contributed by atoms with Crippen LogP contribution in [-0.2, 0) is 4.79 Å². The second-order valence-corrected chi connectivity index (χ2v) is 6.71. The quantitative estimate of drug-likeness (QED) is 0.530. The van der Waals surface area contributed by atoms with Crippen LogP contribution in [0.25, 0.3) is 10.9 Å². The normalized spacial score (nSPS) is 11.9. The highest BCUT2D eigenvalue weighted by Crippen LogP contribution is 2.33. The lowest BCUT2D eigenvalue weighted by atomic mass is 9.97. The first-order valence-electron chi connectivity index (χ1n) is 9.28. The van der Waals surface area contributed by atoms with Gasteiger partial charge in [0.2, 0.25) is 0 Å². The standard InChI is InChI=1S/C24H22N2O2/c1-26(23(27)17-28-19-12-6-3-7-13-19)24(18-10-4-2-5-11-18)21-16-25-22-15-9-8-14-20(21)22/h2-16,24-25H,17H2,1H3/t24-/m0/s1. The van der Waals surface area contributed by atoms with Crippen molar-refractivity contribution in [1.82, 2.24) is 9.88 Å². The molecule has 4 nitrogen and oxygen atoms in total. The predicted molar refractivity (Wildman–Crippen MR) is 111 cm³/mol. The number of H-pyrrole nitrogens is 1. The zero-order valence-corrected chi connectivity index (χ0v) is 15.7. The lowest BCUT2D eigenvalue weighted by molar-refractivity contribution is -0.133. The summed E-state index contributed by atoms with van der Waals surface area (Å²) in [6.07, 6.45) is 1.99. The number of carbonyl (C=O) groups excluding carboxylic acids is 1. The molecule has 4 rings (SSSR count). The van der Waals surface area contributed by atoms with Crippen LogP contribution in [0.3, 0.4) is 0 Å². The molecule has 0 fully saturated rings. The first-order valence-corrected chi connectivity index (χ1v) is 9.28. The number of para-hydroxylation sites is 2. The minimum absolute atomic E-state index is 0.00774. The molecule has 0 aliphatic carbocycles. The molecule has 1 aromatic heterocycles. The highest BCUT2D eigenvalue weighted by molar-refractivity contribution is 5.85. The first kappa shape index (κ1) is 17.9. The van der Waals surface area contributed by atoms with Gasteiger partial charge in [-0.25, -0.2) is 0 Å². The summed E-state index contributed by atoms with van der Waals surface area (Å²) >= 11 is 0. The van der Waals surface area contributed by atoms with E-state index in [1.54, 1.807) is 4.90 Å². The maximum atomic E-state index is 13.0. The number of carbonyl (C=O) groups is 1. The molecule has 1 N–H and O–H groups in total.